The summed E-state index contributed by atoms with van der Waals surface area (Å²) in [6.45, 7) is 6.55. The van der Waals surface area contributed by atoms with Crippen molar-refractivity contribution in [3.8, 4) is 11.4 Å². The van der Waals surface area contributed by atoms with E-state index in [-0.39, 0.29) is 11.2 Å². The summed E-state index contributed by atoms with van der Waals surface area (Å²) in [6, 6.07) is 9.74. The smallest absolute Gasteiger partial charge is 0.328 e. The quantitative estimate of drug-likeness (QED) is 0.487. The van der Waals surface area contributed by atoms with Crippen molar-refractivity contribution in [2.75, 3.05) is 31.1 Å². The van der Waals surface area contributed by atoms with E-state index < -0.39 is 0 Å². The Morgan fingerprint density at radius 2 is 1.88 bits per heavy atom. The second-order valence-corrected chi connectivity index (χ2v) is 7.89. The predicted molar refractivity (Wildman–Crippen MR) is 122 cm³/mol. The van der Waals surface area contributed by atoms with Gasteiger partial charge in [0.2, 0.25) is 0 Å². The van der Waals surface area contributed by atoms with Crippen LogP contribution in [0.1, 0.15) is 12.5 Å². The zero-order valence-electron chi connectivity index (χ0n) is 17.8. The average Bonchev–Trinajstić information content (AvgIpc) is 3.35. The van der Waals surface area contributed by atoms with Gasteiger partial charge < -0.3 is 9.88 Å². The molecule has 1 saturated heterocycles. The van der Waals surface area contributed by atoms with Gasteiger partial charge in [0.25, 0.3) is 5.56 Å². The first-order valence-corrected chi connectivity index (χ1v) is 10.7. The van der Waals surface area contributed by atoms with E-state index in [9.17, 15) is 9.59 Å². The highest BCUT2D eigenvalue weighted by molar-refractivity contribution is 5.78. The monoisotopic (exact) mass is 432 g/mol. The molecule has 164 valence electrons. The molecular weight excluding hydrogens is 408 g/mol. The molecule has 4 aromatic rings. The predicted octanol–water partition coefficient (Wildman–Crippen LogP) is 1.21. The standard InChI is InChI=1S/C22H24N8O2/c1-2-30-21(31)17-5-3-15(11-19(17)25-22(30)32)14-28-7-9-29(10-8-28)16-4-6-18(23-12-16)20-13-24-27-26-20/h3-6,11-13H,2,7-10,14H2,1H3,(H,25,32)(H,24,26,27). The number of hydrogen-bond donors (Lipinski definition) is 2. The molecule has 3 aromatic heterocycles. The number of H-pyrrole nitrogens is 2. The summed E-state index contributed by atoms with van der Waals surface area (Å²) in [7, 11) is 0. The summed E-state index contributed by atoms with van der Waals surface area (Å²) >= 11 is 0. The van der Waals surface area contributed by atoms with Crippen LogP contribution in [0.25, 0.3) is 22.3 Å². The van der Waals surface area contributed by atoms with Crippen molar-refractivity contribution in [2.24, 2.45) is 0 Å². The Bertz CT molecular complexity index is 1330. The van der Waals surface area contributed by atoms with E-state index in [1.807, 2.05) is 30.5 Å². The van der Waals surface area contributed by atoms with Crippen molar-refractivity contribution in [2.45, 2.75) is 20.0 Å². The number of pyridine rings is 1. The molecule has 10 heteroatoms. The summed E-state index contributed by atoms with van der Waals surface area (Å²) in [5.74, 6) is 0. The molecule has 0 radical (unpaired) electrons. The third kappa shape index (κ3) is 3.80. The topological polar surface area (TPSA) is 116 Å². The summed E-state index contributed by atoms with van der Waals surface area (Å²) in [6.07, 6.45) is 3.54. The second kappa shape index (κ2) is 8.39. The molecule has 0 bridgehead atoms. The van der Waals surface area contributed by atoms with Gasteiger partial charge in [-0.15, -0.1) is 5.10 Å². The summed E-state index contributed by atoms with van der Waals surface area (Å²) < 4.78 is 1.22. The van der Waals surface area contributed by atoms with Crippen molar-refractivity contribution >= 4 is 16.6 Å². The fraction of sp³-hybridized carbons (Fsp3) is 0.318. The van der Waals surface area contributed by atoms with E-state index >= 15 is 0 Å². The zero-order chi connectivity index (χ0) is 22.1. The lowest BCUT2D eigenvalue weighted by Gasteiger charge is -2.36. The minimum Gasteiger partial charge on any atom is -0.368 e. The molecule has 5 rings (SSSR count). The van der Waals surface area contributed by atoms with Crippen LogP contribution in [-0.4, -0.2) is 61.0 Å². The average molecular weight is 432 g/mol. The second-order valence-electron chi connectivity index (χ2n) is 7.89. The highest BCUT2D eigenvalue weighted by Gasteiger charge is 2.18. The first kappa shape index (κ1) is 20.1. The molecule has 4 heterocycles. The Morgan fingerprint density at radius 3 is 2.56 bits per heavy atom. The van der Waals surface area contributed by atoms with E-state index in [4.69, 9.17) is 0 Å². The summed E-state index contributed by atoms with van der Waals surface area (Å²) in [5, 5.41) is 10.9. The molecule has 1 fully saturated rings. The number of benzene rings is 1. The Hall–Kier alpha value is -3.79. The number of hydrogen-bond acceptors (Lipinski definition) is 7. The van der Waals surface area contributed by atoms with Crippen molar-refractivity contribution < 1.29 is 0 Å². The largest absolute Gasteiger partial charge is 0.368 e. The van der Waals surface area contributed by atoms with Crippen LogP contribution in [0, 0.1) is 0 Å². The molecule has 1 aromatic carbocycles. The zero-order valence-corrected chi connectivity index (χ0v) is 17.8. The molecule has 32 heavy (non-hydrogen) atoms. The van der Waals surface area contributed by atoms with Gasteiger partial charge in [-0.05, 0) is 36.8 Å². The maximum atomic E-state index is 12.5. The lowest BCUT2D eigenvalue weighted by Crippen LogP contribution is -2.46. The van der Waals surface area contributed by atoms with Gasteiger partial charge in [-0.25, -0.2) is 4.79 Å². The van der Waals surface area contributed by atoms with Crippen molar-refractivity contribution in [1.29, 1.82) is 0 Å². The van der Waals surface area contributed by atoms with E-state index in [1.165, 1.54) is 4.57 Å². The van der Waals surface area contributed by atoms with Crippen LogP contribution in [0.15, 0.2) is 52.3 Å². The molecule has 0 saturated carbocycles. The van der Waals surface area contributed by atoms with Gasteiger partial charge in [0.1, 0.15) is 5.69 Å². The molecule has 0 unspecified atom stereocenters. The maximum absolute atomic E-state index is 12.5. The van der Waals surface area contributed by atoms with Gasteiger partial charge in [0.15, 0.2) is 0 Å². The molecule has 2 N–H and O–H groups in total. The van der Waals surface area contributed by atoms with Crippen LogP contribution < -0.4 is 16.1 Å². The Kier molecular flexibility index (Phi) is 5.28. The van der Waals surface area contributed by atoms with Crippen molar-refractivity contribution in [3.63, 3.8) is 0 Å². The minimum atomic E-state index is -0.362. The Balaban J connectivity index is 1.24. The minimum absolute atomic E-state index is 0.241. The number of nitrogens with one attached hydrogen (secondary N) is 2. The highest BCUT2D eigenvalue weighted by Crippen LogP contribution is 2.20. The van der Waals surface area contributed by atoms with Gasteiger partial charge >= 0.3 is 5.69 Å². The van der Waals surface area contributed by atoms with Crippen LogP contribution in [0.5, 0.6) is 0 Å². The van der Waals surface area contributed by atoms with Gasteiger partial charge in [0, 0.05) is 39.3 Å². The fourth-order valence-corrected chi connectivity index (χ4v) is 4.16. The van der Waals surface area contributed by atoms with Crippen molar-refractivity contribution in [1.82, 2.24) is 34.8 Å². The first-order chi connectivity index (χ1) is 15.6. The van der Waals surface area contributed by atoms with Gasteiger partial charge in [0.05, 0.1) is 34.7 Å². The number of aromatic amines is 2. The van der Waals surface area contributed by atoms with E-state index in [0.29, 0.717) is 17.4 Å². The van der Waals surface area contributed by atoms with Crippen molar-refractivity contribution in [3.05, 3.63) is 69.1 Å². The van der Waals surface area contributed by atoms with Crippen LogP contribution in [0.2, 0.25) is 0 Å². The number of aromatic nitrogens is 6. The molecular formula is C22H24N8O2. The van der Waals surface area contributed by atoms with Crippen LogP contribution in [0.4, 0.5) is 5.69 Å². The summed E-state index contributed by atoms with van der Waals surface area (Å²) in [5.41, 5.74) is 3.78. The third-order valence-corrected chi connectivity index (χ3v) is 5.94. The Labute approximate surface area is 183 Å². The van der Waals surface area contributed by atoms with E-state index in [2.05, 4.69) is 41.2 Å². The SMILES string of the molecule is CCn1c(=O)[nH]c2cc(CN3CCN(c4ccc(-c5cnn[nH]5)nc4)CC3)ccc2c1=O. The number of rotatable bonds is 5. The van der Waals surface area contributed by atoms with Gasteiger partial charge in [-0.3, -0.25) is 24.3 Å². The molecule has 1 aliphatic heterocycles. The summed E-state index contributed by atoms with van der Waals surface area (Å²) in [4.78, 5) is 36.6. The van der Waals surface area contributed by atoms with Gasteiger partial charge in [-0.2, -0.15) is 0 Å². The molecule has 0 spiro atoms. The Morgan fingerprint density at radius 1 is 1.03 bits per heavy atom. The molecule has 0 aliphatic carbocycles. The molecule has 0 amide bonds. The fourth-order valence-electron chi connectivity index (χ4n) is 4.16. The van der Waals surface area contributed by atoms with Crippen LogP contribution in [-0.2, 0) is 13.1 Å². The van der Waals surface area contributed by atoms with Crippen LogP contribution in [0.3, 0.4) is 0 Å². The number of nitrogens with zero attached hydrogens (tertiary/aromatic N) is 6. The van der Waals surface area contributed by atoms with Gasteiger partial charge in [-0.1, -0.05) is 11.3 Å². The van der Waals surface area contributed by atoms with Crippen LogP contribution >= 0.6 is 0 Å². The molecule has 10 nitrogen and oxygen atoms in total. The number of piperazine rings is 1. The molecule has 0 atom stereocenters. The lowest BCUT2D eigenvalue weighted by molar-refractivity contribution is 0.250. The van der Waals surface area contributed by atoms with E-state index in [0.717, 1.165) is 55.4 Å². The number of fused-ring (bicyclic) bond motifs is 1. The first-order valence-electron chi connectivity index (χ1n) is 10.7. The van der Waals surface area contributed by atoms with E-state index in [1.54, 1.807) is 13.1 Å². The third-order valence-electron chi connectivity index (χ3n) is 5.94. The normalized spacial score (nSPS) is 14.8. The maximum Gasteiger partial charge on any atom is 0.328 e. The molecule has 1 aliphatic rings. The lowest BCUT2D eigenvalue weighted by atomic mass is 10.1. The highest BCUT2D eigenvalue weighted by atomic mass is 16.2. The number of anilines is 1.